The Kier molecular flexibility index (Phi) is 7.38. The first kappa shape index (κ1) is 27.2. The number of aliphatic hydroxyl groups is 1. The van der Waals surface area contributed by atoms with Crippen LogP contribution in [0.15, 0.2) is 42.5 Å². The van der Waals surface area contributed by atoms with Crippen molar-refractivity contribution < 1.29 is 14.4 Å². The van der Waals surface area contributed by atoms with Crippen molar-refractivity contribution in [1.29, 1.82) is 0 Å². The molecule has 0 atom stereocenters. The molecular weight excluding hydrogens is 443 g/mol. The summed E-state index contributed by atoms with van der Waals surface area (Å²) in [6, 6.07) is 13.7. The monoisotopic (exact) mass is 488 g/mol. The van der Waals surface area contributed by atoms with Crippen LogP contribution in [0.3, 0.4) is 0 Å². The van der Waals surface area contributed by atoms with Crippen LogP contribution in [0.4, 0.5) is 0 Å². The van der Waals surface area contributed by atoms with Gasteiger partial charge < -0.3 is 14.4 Å². The Bertz CT molecular complexity index is 1100. The van der Waals surface area contributed by atoms with Gasteiger partial charge in [-0.2, -0.15) is 0 Å². The quantitative estimate of drug-likeness (QED) is 0.426. The Morgan fingerprint density at radius 2 is 1.39 bits per heavy atom. The molecule has 1 N–H and O–H groups in total. The van der Waals surface area contributed by atoms with Crippen molar-refractivity contribution in [2.75, 3.05) is 0 Å². The fraction of sp³-hybridized carbons (Fsp3) is 0.562. The molecule has 0 aromatic heterocycles. The SMILES string of the molecule is CCC(CC)(c1ccc(/C=C/C2(O)CCCC2)c(C)c1)c1ccc(B2OC(C)(C)C(C)(C)O2)c(C)c1. The molecule has 2 aromatic rings. The van der Waals surface area contributed by atoms with Gasteiger partial charge in [-0.1, -0.05) is 80.8 Å². The number of aryl methyl sites for hydroxylation is 2. The highest BCUT2D eigenvalue weighted by molar-refractivity contribution is 6.62. The van der Waals surface area contributed by atoms with Gasteiger partial charge in [-0.25, -0.2) is 0 Å². The zero-order valence-electron chi connectivity index (χ0n) is 23.7. The highest BCUT2D eigenvalue weighted by Gasteiger charge is 2.52. The fourth-order valence-electron chi connectivity index (χ4n) is 6.00. The van der Waals surface area contributed by atoms with Crippen LogP contribution in [0.25, 0.3) is 6.08 Å². The minimum atomic E-state index is -0.627. The van der Waals surface area contributed by atoms with E-state index in [1.165, 1.54) is 27.8 Å². The largest absolute Gasteiger partial charge is 0.495 e. The molecule has 1 aliphatic carbocycles. The summed E-state index contributed by atoms with van der Waals surface area (Å²) in [7, 11) is -0.343. The molecule has 0 unspecified atom stereocenters. The third kappa shape index (κ3) is 4.85. The maximum Gasteiger partial charge on any atom is 0.495 e. The Labute approximate surface area is 219 Å². The highest BCUT2D eigenvalue weighted by atomic mass is 16.7. The van der Waals surface area contributed by atoms with Crippen LogP contribution in [0.1, 0.15) is 108 Å². The topological polar surface area (TPSA) is 38.7 Å². The normalized spacial score (nSPS) is 21.0. The molecule has 0 radical (unpaired) electrons. The van der Waals surface area contributed by atoms with Crippen molar-refractivity contribution in [3.05, 3.63) is 70.3 Å². The van der Waals surface area contributed by atoms with Crippen LogP contribution >= 0.6 is 0 Å². The van der Waals surface area contributed by atoms with Gasteiger partial charge in [0.1, 0.15) is 0 Å². The molecule has 0 spiro atoms. The van der Waals surface area contributed by atoms with E-state index in [9.17, 15) is 5.11 Å². The molecule has 0 amide bonds. The molecule has 36 heavy (non-hydrogen) atoms. The summed E-state index contributed by atoms with van der Waals surface area (Å²) < 4.78 is 12.7. The highest BCUT2D eigenvalue weighted by Crippen LogP contribution is 2.41. The van der Waals surface area contributed by atoms with Gasteiger partial charge in [-0.15, -0.1) is 0 Å². The van der Waals surface area contributed by atoms with E-state index in [0.29, 0.717) is 0 Å². The minimum Gasteiger partial charge on any atom is -0.399 e. The first-order valence-electron chi connectivity index (χ1n) is 13.9. The lowest BCUT2D eigenvalue weighted by Crippen LogP contribution is -2.41. The number of hydrogen-bond acceptors (Lipinski definition) is 3. The summed E-state index contributed by atoms with van der Waals surface area (Å²) in [5.41, 5.74) is 6.07. The van der Waals surface area contributed by atoms with Gasteiger partial charge in [-0.05, 0) is 94.9 Å². The van der Waals surface area contributed by atoms with Gasteiger partial charge in [0.25, 0.3) is 0 Å². The predicted molar refractivity (Wildman–Crippen MR) is 152 cm³/mol. The summed E-state index contributed by atoms with van der Waals surface area (Å²) >= 11 is 0. The molecule has 1 saturated carbocycles. The second-order valence-corrected chi connectivity index (χ2v) is 12.2. The summed E-state index contributed by atoms with van der Waals surface area (Å²) in [5, 5.41) is 10.7. The van der Waals surface area contributed by atoms with E-state index in [1.54, 1.807) is 0 Å². The molecule has 0 bridgehead atoms. The number of rotatable bonds is 7. The van der Waals surface area contributed by atoms with E-state index in [4.69, 9.17) is 9.31 Å². The standard InChI is InChI=1S/C32H45BO3/c1-9-32(10-2,26-14-13-25(23(3)21-26)17-20-31(34)18-11-12-19-31)27-15-16-28(24(4)22-27)33-35-29(5,6)30(7,8)36-33/h13-17,20-22,34H,9-12,18-19H2,1-8H3/b20-17+. The molecular formula is C32H45BO3. The lowest BCUT2D eigenvalue weighted by atomic mass is 9.68. The van der Waals surface area contributed by atoms with Gasteiger partial charge in [0.15, 0.2) is 0 Å². The molecule has 2 fully saturated rings. The van der Waals surface area contributed by atoms with E-state index in [2.05, 4.69) is 97.9 Å². The Morgan fingerprint density at radius 1 is 0.861 bits per heavy atom. The molecule has 1 aliphatic heterocycles. The van der Waals surface area contributed by atoms with E-state index in [1.807, 2.05) is 6.08 Å². The van der Waals surface area contributed by atoms with Crippen molar-refractivity contribution in [3.63, 3.8) is 0 Å². The van der Waals surface area contributed by atoms with Crippen LogP contribution in [0.2, 0.25) is 0 Å². The maximum absolute atomic E-state index is 10.7. The third-order valence-corrected chi connectivity index (χ3v) is 9.40. The molecule has 1 saturated heterocycles. The van der Waals surface area contributed by atoms with Gasteiger partial charge >= 0.3 is 7.12 Å². The van der Waals surface area contributed by atoms with Crippen molar-refractivity contribution in [1.82, 2.24) is 0 Å². The zero-order chi connectivity index (χ0) is 26.4. The van der Waals surface area contributed by atoms with Crippen LogP contribution in [0, 0.1) is 13.8 Å². The van der Waals surface area contributed by atoms with E-state index < -0.39 is 5.60 Å². The number of hydrogen-bond donors (Lipinski definition) is 1. The van der Waals surface area contributed by atoms with Crippen LogP contribution in [-0.2, 0) is 14.7 Å². The third-order valence-electron chi connectivity index (χ3n) is 9.40. The second-order valence-electron chi connectivity index (χ2n) is 12.2. The average Bonchev–Trinajstić information content (AvgIpc) is 3.34. The summed E-state index contributed by atoms with van der Waals surface area (Å²) in [6.45, 7) is 17.4. The first-order valence-corrected chi connectivity index (χ1v) is 13.9. The van der Waals surface area contributed by atoms with Crippen LogP contribution < -0.4 is 5.46 Å². The number of benzene rings is 2. The molecule has 2 aromatic carbocycles. The zero-order valence-corrected chi connectivity index (χ0v) is 23.7. The van der Waals surface area contributed by atoms with E-state index in [-0.39, 0.29) is 23.7 Å². The van der Waals surface area contributed by atoms with Crippen molar-refractivity contribution in [2.24, 2.45) is 0 Å². The summed E-state index contributed by atoms with van der Waals surface area (Å²) in [4.78, 5) is 0. The lowest BCUT2D eigenvalue weighted by Gasteiger charge is -2.34. The van der Waals surface area contributed by atoms with Crippen molar-refractivity contribution in [2.45, 2.75) is 116 Å². The van der Waals surface area contributed by atoms with E-state index in [0.717, 1.165) is 44.0 Å². The lowest BCUT2D eigenvalue weighted by molar-refractivity contribution is 0.00578. The minimum absolute atomic E-state index is 0.0596. The summed E-state index contributed by atoms with van der Waals surface area (Å²) in [6.07, 6.45) is 10.1. The van der Waals surface area contributed by atoms with Gasteiger partial charge in [0.05, 0.1) is 16.8 Å². The summed E-state index contributed by atoms with van der Waals surface area (Å²) in [5.74, 6) is 0. The average molecular weight is 489 g/mol. The fourth-order valence-corrected chi connectivity index (χ4v) is 6.00. The molecule has 194 valence electrons. The molecule has 4 rings (SSSR count). The van der Waals surface area contributed by atoms with Crippen LogP contribution in [-0.4, -0.2) is 29.0 Å². The molecule has 2 aliphatic rings. The van der Waals surface area contributed by atoms with Gasteiger partial charge in [0, 0.05) is 5.41 Å². The van der Waals surface area contributed by atoms with Crippen molar-refractivity contribution >= 4 is 18.7 Å². The Balaban J connectivity index is 1.64. The first-order chi connectivity index (χ1) is 16.9. The van der Waals surface area contributed by atoms with Crippen molar-refractivity contribution in [3.8, 4) is 0 Å². The van der Waals surface area contributed by atoms with Crippen LogP contribution in [0.5, 0.6) is 0 Å². The Hall–Kier alpha value is -1.88. The van der Waals surface area contributed by atoms with Gasteiger partial charge in [-0.3, -0.25) is 0 Å². The Morgan fingerprint density at radius 3 is 1.89 bits per heavy atom. The van der Waals surface area contributed by atoms with E-state index >= 15 is 0 Å². The smallest absolute Gasteiger partial charge is 0.399 e. The predicted octanol–water partition coefficient (Wildman–Crippen LogP) is 7.03. The maximum atomic E-state index is 10.7. The molecule has 1 heterocycles. The van der Waals surface area contributed by atoms with Gasteiger partial charge in [0.2, 0.25) is 0 Å². The molecule has 3 nitrogen and oxygen atoms in total. The molecule has 4 heteroatoms. The second kappa shape index (κ2) is 9.78.